The Morgan fingerprint density at radius 1 is 1.18 bits per heavy atom. The van der Waals surface area contributed by atoms with Crippen molar-refractivity contribution >= 4 is 11.9 Å². The lowest BCUT2D eigenvalue weighted by atomic mass is 10.1. The molecule has 0 aromatic heterocycles. The first-order valence-corrected chi connectivity index (χ1v) is 8.31. The van der Waals surface area contributed by atoms with E-state index in [0.717, 1.165) is 32.2 Å². The van der Waals surface area contributed by atoms with Crippen molar-refractivity contribution in [3.05, 3.63) is 0 Å². The molecule has 0 aromatic carbocycles. The first-order chi connectivity index (χ1) is 10.6. The van der Waals surface area contributed by atoms with Gasteiger partial charge in [0.25, 0.3) is 0 Å². The molecule has 126 valence electrons. The topological polar surface area (TPSA) is 84.9 Å². The summed E-state index contributed by atoms with van der Waals surface area (Å²) in [5.74, 6) is 0.0190. The minimum atomic E-state index is -0.304. The molecule has 2 rings (SSSR count). The normalized spacial score (nSPS) is 24.1. The van der Waals surface area contributed by atoms with Crippen LogP contribution in [0.25, 0.3) is 0 Å². The van der Waals surface area contributed by atoms with E-state index in [1.807, 2.05) is 11.8 Å². The van der Waals surface area contributed by atoms with Crippen LogP contribution in [0.5, 0.6) is 0 Å². The molecule has 0 unspecified atom stereocenters. The Morgan fingerprint density at radius 2 is 1.91 bits per heavy atom. The number of hydrogen-bond acceptors (Lipinski definition) is 4. The van der Waals surface area contributed by atoms with Crippen molar-refractivity contribution in [1.82, 2.24) is 20.4 Å². The summed E-state index contributed by atoms with van der Waals surface area (Å²) in [6.45, 7) is 5.72. The van der Waals surface area contributed by atoms with E-state index in [0.29, 0.717) is 32.7 Å². The largest absolute Gasteiger partial charge is 0.392 e. The van der Waals surface area contributed by atoms with E-state index < -0.39 is 0 Å². The SMILES string of the molecule is CCNC(=O)N1CCC(NC(=O)CN2CCC[C@@H](O)C2)CC1. The van der Waals surface area contributed by atoms with Crippen LogP contribution >= 0.6 is 0 Å². The molecule has 0 aromatic rings. The van der Waals surface area contributed by atoms with Gasteiger partial charge in [-0.15, -0.1) is 0 Å². The number of β-amino-alcohol motifs (C(OH)–C–C–N with tert-alkyl or cyclic N) is 1. The molecule has 7 heteroatoms. The van der Waals surface area contributed by atoms with E-state index in [1.54, 1.807) is 4.90 Å². The third-order valence-corrected chi connectivity index (χ3v) is 4.32. The van der Waals surface area contributed by atoms with Crippen molar-refractivity contribution in [2.45, 2.75) is 44.8 Å². The Kier molecular flexibility index (Phi) is 6.45. The quantitative estimate of drug-likeness (QED) is 0.668. The van der Waals surface area contributed by atoms with Gasteiger partial charge in [0.1, 0.15) is 0 Å². The molecule has 2 fully saturated rings. The van der Waals surface area contributed by atoms with Gasteiger partial charge in [-0.2, -0.15) is 0 Å². The first-order valence-electron chi connectivity index (χ1n) is 8.31. The van der Waals surface area contributed by atoms with Gasteiger partial charge in [-0.3, -0.25) is 9.69 Å². The fourth-order valence-electron chi connectivity index (χ4n) is 3.14. The minimum Gasteiger partial charge on any atom is -0.392 e. The van der Waals surface area contributed by atoms with Gasteiger partial charge in [0.2, 0.25) is 5.91 Å². The number of carbonyl (C=O) groups is 2. The molecule has 0 aliphatic carbocycles. The third kappa shape index (κ3) is 5.14. The van der Waals surface area contributed by atoms with Crippen LogP contribution < -0.4 is 10.6 Å². The number of nitrogens with one attached hydrogen (secondary N) is 2. The van der Waals surface area contributed by atoms with Gasteiger partial charge >= 0.3 is 6.03 Å². The van der Waals surface area contributed by atoms with Crippen molar-refractivity contribution in [2.75, 3.05) is 39.3 Å². The molecule has 3 N–H and O–H groups in total. The summed E-state index contributed by atoms with van der Waals surface area (Å²) in [5, 5.41) is 15.5. The lowest BCUT2D eigenvalue weighted by molar-refractivity contribution is -0.123. The van der Waals surface area contributed by atoms with Crippen LogP contribution in [0.15, 0.2) is 0 Å². The lowest BCUT2D eigenvalue weighted by Crippen LogP contribution is -2.51. The van der Waals surface area contributed by atoms with Crippen LogP contribution in [0.2, 0.25) is 0 Å². The molecule has 2 saturated heterocycles. The van der Waals surface area contributed by atoms with E-state index in [2.05, 4.69) is 10.6 Å². The molecule has 0 radical (unpaired) electrons. The summed E-state index contributed by atoms with van der Waals surface area (Å²) >= 11 is 0. The fraction of sp³-hybridized carbons (Fsp3) is 0.867. The molecule has 2 heterocycles. The van der Waals surface area contributed by atoms with Crippen molar-refractivity contribution in [3.8, 4) is 0 Å². The van der Waals surface area contributed by atoms with Gasteiger partial charge in [-0.25, -0.2) is 4.79 Å². The summed E-state index contributed by atoms with van der Waals surface area (Å²) in [7, 11) is 0. The maximum absolute atomic E-state index is 12.1. The molecule has 2 aliphatic heterocycles. The smallest absolute Gasteiger partial charge is 0.317 e. The van der Waals surface area contributed by atoms with Gasteiger partial charge < -0.3 is 20.6 Å². The second-order valence-electron chi connectivity index (χ2n) is 6.20. The average Bonchev–Trinajstić information content (AvgIpc) is 2.48. The van der Waals surface area contributed by atoms with Gasteiger partial charge in [0.15, 0.2) is 0 Å². The number of aliphatic hydroxyl groups excluding tert-OH is 1. The zero-order valence-electron chi connectivity index (χ0n) is 13.4. The van der Waals surface area contributed by atoms with E-state index in [4.69, 9.17) is 0 Å². The molecule has 0 bridgehead atoms. The highest BCUT2D eigenvalue weighted by atomic mass is 16.3. The summed E-state index contributed by atoms with van der Waals surface area (Å²) in [6, 6.07) is 0.127. The van der Waals surface area contributed by atoms with Gasteiger partial charge in [0.05, 0.1) is 12.6 Å². The summed E-state index contributed by atoms with van der Waals surface area (Å²) in [5.41, 5.74) is 0. The van der Waals surface area contributed by atoms with Crippen LogP contribution in [0.4, 0.5) is 4.79 Å². The summed E-state index contributed by atoms with van der Waals surface area (Å²) < 4.78 is 0. The van der Waals surface area contributed by atoms with Crippen molar-refractivity contribution < 1.29 is 14.7 Å². The molecule has 7 nitrogen and oxygen atoms in total. The number of rotatable bonds is 4. The van der Waals surface area contributed by atoms with Gasteiger partial charge in [-0.1, -0.05) is 0 Å². The zero-order chi connectivity index (χ0) is 15.9. The first kappa shape index (κ1) is 17.0. The van der Waals surface area contributed by atoms with E-state index in [-0.39, 0.29) is 24.1 Å². The molecule has 22 heavy (non-hydrogen) atoms. The standard InChI is InChI=1S/C15H28N4O3/c1-2-16-15(22)19-8-5-12(6-9-19)17-14(21)11-18-7-3-4-13(20)10-18/h12-13,20H,2-11H2,1H3,(H,16,22)(H,17,21)/t13-/m1/s1. The van der Waals surface area contributed by atoms with E-state index in [9.17, 15) is 14.7 Å². The number of amides is 3. The average molecular weight is 312 g/mol. The van der Waals surface area contributed by atoms with Crippen molar-refractivity contribution in [3.63, 3.8) is 0 Å². The zero-order valence-corrected chi connectivity index (χ0v) is 13.4. The predicted molar refractivity (Wildman–Crippen MR) is 83.5 cm³/mol. The number of carbonyl (C=O) groups excluding carboxylic acids is 2. The molecular formula is C15H28N4O3. The number of hydrogen-bond donors (Lipinski definition) is 3. The number of aliphatic hydroxyl groups is 1. The second-order valence-corrected chi connectivity index (χ2v) is 6.20. The van der Waals surface area contributed by atoms with E-state index in [1.165, 1.54) is 0 Å². The maximum Gasteiger partial charge on any atom is 0.317 e. The summed E-state index contributed by atoms with van der Waals surface area (Å²) in [6.07, 6.45) is 3.06. The van der Waals surface area contributed by atoms with Crippen molar-refractivity contribution in [1.29, 1.82) is 0 Å². The van der Waals surface area contributed by atoms with Crippen LogP contribution in [0.3, 0.4) is 0 Å². The molecular weight excluding hydrogens is 284 g/mol. The fourth-order valence-corrected chi connectivity index (χ4v) is 3.14. The molecule has 0 spiro atoms. The molecule has 2 aliphatic rings. The molecule has 3 amide bonds. The third-order valence-electron chi connectivity index (χ3n) is 4.32. The Hall–Kier alpha value is -1.34. The second kappa shape index (κ2) is 8.33. The van der Waals surface area contributed by atoms with Crippen LogP contribution in [-0.2, 0) is 4.79 Å². The van der Waals surface area contributed by atoms with Crippen molar-refractivity contribution in [2.24, 2.45) is 0 Å². The predicted octanol–water partition coefficient (Wildman–Crippen LogP) is -0.247. The number of nitrogens with zero attached hydrogens (tertiary/aromatic N) is 2. The monoisotopic (exact) mass is 312 g/mol. The lowest BCUT2D eigenvalue weighted by Gasteiger charge is -2.33. The Labute approximate surface area is 132 Å². The highest BCUT2D eigenvalue weighted by Crippen LogP contribution is 2.12. The Bertz CT molecular complexity index is 383. The molecule has 0 saturated carbocycles. The molecule has 1 atom stereocenters. The van der Waals surface area contributed by atoms with Crippen LogP contribution in [-0.4, -0.2) is 78.3 Å². The highest BCUT2D eigenvalue weighted by molar-refractivity contribution is 5.78. The number of piperidine rings is 2. The van der Waals surface area contributed by atoms with Crippen LogP contribution in [0, 0.1) is 0 Å². The number of likely N-dealkylation sites (tertiary alicyclic amines) is 2. The van der Waals surface area contributed by atoms with E-state index >= 15 is 0 Å². The highest BCUT2D eigenvalue weighted by Gasteiger charge is 2.25. The maximum atomic E-state index is 12.1. The Morgan fingerprint density at radius 3 is 2.55 bits per heavy atom. The number of urea groups is 1. The minimum absolute atomic E-state index is 0.0189. The summed E-state index contributed by atoms with van der Waals surface area (Å²) in [4.78, 5) is 27.6. The Balaban J connectivity index is 1.67. The van der Waals surface area contributed by atoms with Crippen LogP contribution in [0.1, 0.15) is 32.6 Å². The van der Waals surface area contributed by atoms with Gasteiger partial charge in [0, 0.05) is 32.2 Å². The van der Waals surface area contributed by atoms with Gasteiger partial charge in [-0.05, 0) is 39.2 Å².